The van der Waals surface area contributed by atoms with Gasteiger partial charge in [0, 0.05) is 23.4 Å². The van der Waals surface area contributed by atoms with Crippen molar-refractivity contribution in [2.45, 2.75) is 10.8 Å². The molecule has 1 aliphatic carbocycles. The summed E-state index contributed by atoms with van der Waals surface area (Å²) in [7, 11) is 0. The Labute approximate surface area is 113 Å². The van der Waals surface area contributed by atoms with Crippen molar-refractivity contribution in [2.24, 2.45) is 5.92 Å². The summed E-state index contributed by atoms with van der Waals surface area (Å²) in [5.74, 6) is 0.812. The molecule has 1 saturated carbocycles. The van der Waals surface area contributed by atoms with E-state index in [0.717, 1.165) is 11.8 Å². The molecule has 0 radical (unpaired) electrons. The molecule has 0 spiro atoms. The second-order valence-electron chi connectivity index (χ2n) is 4.43. The fourth-order valence-electron chi connectivity index (χ4n) is 1.78. The van der Waals surface area contributed by atoms with Crippen molar-refractivity contribution in [3.8, 4) is 5.75 Å². The highest BCUT2D eigenvalue weighted by Gasteiger charge is 2.52. The van der Waals surface area contributed by atoms with Crippen LogP contribution in [-0.2, 0) is 0 Å². The smallest absolute Gasteiger partial charge is 0.336 e. The molecule has 0 bridgehead atoms. The predicted octanol–water partition coefficient (Wildman–Crippen LogP) is 3.37. The molecule has 0 unspecified atom stereocenters. The molecule has 0 amide bonds. The maximum Gasteiger partial charge on any atom is 0.336 e. The van der Waals surface area contributed by atoms with Crippen molar-refractivity contribution in [1.29, 1.82) is 0 Å². The van der Waals surface area contributed by atoms with Crippen LogP contribution in [0.25, 0.3) is 11.0 Å². The number of hydrogen-bond donors (Lipinski definition) is 0. The summed E-state index contributed by atoms with van der Waals surface area (Å²) in [4.78, 5) is 11.1. The van der Waals surface area contributed by atoms with Gasteiger partial charge < -0.3 is 9.15 Å². The van der Waals surface area contributed by atoms with Crippen LogP contribution in [-0.4, -0.2) is 10.9 Å². The van der Waals surface area contributed by atoms with Gasteiger partial charge in [-0.25, -0.2) is 4.79 Å². The minimum absolute atomic E-state index is 0.166. The van der Waals surface area contributed by atoms with E-state index < -0.39 is 4.33 Å². The van der Waals surface area contributed by atoms with Gasteiger partial charge in [-0.15, -0.1) is 23.2 Å². The lowest BCUT2D eigenvalue weighted by molar-refractivity contribution is 0.298. The van der Waals surface area contributed by atoms with Crippen molar-refractivity contribution < 1.29 is 9.15 Å². The van der Waals surface area contributed by atoms with E-state index in [1.165, 1.54) is 6.07 Å². The topological polar surface area (TPSA) is 39.4 Å². The molecule has 94 valence electrons. The average Bonchev–Trinajstić information content (AvgIpc) is 2.94. The predicted molar refractivity (Wildman–Crippen MR) is 70.5 cm³/mol. The van der Waals surface area contributed by atoms with Crippen molar-refractivity contribution in [1.82, 2.24) is 0 Å². The Morgan fingerprint density at radius 2 is 2.06 bits per heavy atom. The molecule has 1 heterocycles. The largest absolute Gasteiger partial charge is 0.493 e. The molecule has 1 aromatic heterocycles. The fourth-order valence-corrected chi connectivity index (χ4v) is 2.28. The van der Waals surface area contributed by atoms with E-state index in [1.807, 2.05) is 12.1 Å². The van der Waals surface area contributed by atoms with Crippen molar-refractivity contribution in [3.05, 3.63) is 40.8 Å². The summed E-state index contributed by atoms with van der Waals surface area (Å²) in [6.45, 7) is 0.468. The Balaban J connectivity index is 1.78. The number of rotatable bonds is 3. The maximum atomic E-state index is 11.1. The number of benzene rings is 1. The highest BCUT2D eigenvalue weighted by Crippen LogP contribution is 2.53. The molecular weight excluding hydrogens is 275 g/mol. The van der Waals surface area contributed by atoms with Gasteiger partial charge in [0.15, 0.2) is 0 Å². The van der Waals surface area contributed by atoms with Crippen LogP contribution in [0.2, 0.25) is 0 Å². The minimum Gasteiger partial charge on any atom is -0.493 e. The van der Waals surface area contributed by atoms with Crippen LogP contribution in [0, 0.1) is 5.92 Å². The summed E-state index contributed by atoms with van der Waals surface area (Å²) in [6, 6.07) is 8.48. The molecule has 18 heavy (non-hydrogen) atoms. The van der Waals surface area contributed by atoms with Crippen LogP contribution in [0.4, 0.5) is 0 Å². The lowest BCUT2D eigenvalue weighted by atomic mass is 10.2. The van der Waals surface area contributed by atoms with E-state index in [0.29, 0.717) is 17.9 Å². The zero-order valence-electron chi connectivity index (χ0n) is 9.36. The number of halogens is 2. The molecule has 1 atom stereocenters. The summed E-state index contributed by atoms with van der Waals surface area (Å²) in [5, 5.41) is 0.859. The molecule has 3 rings (SSSR count). The first kappa shape index (κ1) is 11.9. The van der Waals surface area contributed by atoms with Gasteiger partial charge in [0.2, 0.25) is 0 Å². The van der Waals surface area contributed by atoms with Crippen LogP contribution in [0.1, 0.15) is 6.42 Å². The Bertz CT molecular complexity index is 648. The Morgan fingerprint density at radius 3 is 2.78 bits per heavy atom. The summed E-state index contributed by atoms with van der Waals surface area (Å²) in [6.07, 6.45) is 0.749. The van der Waals surface area contributed by atoms with E-state index in [4.69, 9.17) is 32.4 Å². The minimum atomic E-state index is -0.636. The Kier molecular flexibility index (Phi) is 2.76. The van der Waals surface area contributed by atoms with Gasteiger partial charge in [0.05, 0.1) is 6.61 Å². The molecular formula is C13H10Cl2O3. The van der Waals surface area contributed by atoms with Crippen molar-refractivity contribution in [3.63, 3.8) is 0 Å². The number of ether oxygens (including phenoxy) is 1. The third-order valence-corrected chi connectivity index (χ3v) is 3.93. The first-order chi connectivity index (χ1) is 8.54. The molecule has 1 fully saturated rings. The molecule has 1 aliphatic rings. The molecule has 0 saturated heterocycles. The van der Waals surface area contributed by atoms with Gasteiger partial charge in [-0.3, -0.25) is 0 Å². The van der Waals surface area contributed by atoms with E-state index in [2.05, 4.69) is 0 Å². The van der Waals surface area contributed by atoms with E-state index >= 15 is 0 Å². The van der Waals surface area contributed by atoms with E-state index in [1.54, 1.807) is 12.1 Å². The molecule has 3 nitrogen and oxygen atoms in total. The van der Waals surface area contributed by atoms with Gasteiger partial charge in [0.1, 0.15) is 15.7 Å². The highest BCUT2D eigenvalue weighted by atomic mass is 35.5. The zero-order chi connectivity index (χ0) is 12.8. The lowest BCUT2D eigenvalue weighted by Crippen LogP contribution is -2.04. The summed E-state index contributed by atoms with van der Waals surface area (Å²) >= 11 is 11.8. The summed E-state index contributed by atoms with van der Waals surface area (Å²) < 4.78 is 10.0. The number of fused-ring (bicyclic) bond motifs is 1. The third-order valence-electron chi connectivity index (χ3n) is 3.00. The van der Waals surface area contributed by atoms with Crippen LogP contribution in [0.15, 0.2) is 39.5 Å². The van der Waals surface area contributed by atoms with Gasteiger partial charge >= 0.3 is 5.63 Å². The molecule has 0 N–H and O–H groups in total. The van der Waals surface area contributed by atoms with E-state index in [9.17, 15) is 4.79 Å². The second kappa shape index (κ2) is 4.18. The van der Waals surface area contributed by atoms with E-state index in [-0.39, 0.29) is 11.5 Å². The molecule has 0 aliphatic heterocycles. The quantitative estimate of drug-likeness (QED) is 0.641. The lowest BCUT2D eigenvalue weighted by Gasteiger charge is -2.06. The van der Waals surface area contributed by atoms with Crippen LogP contribution < -0.4 is 10.4 Å². The van der Waals surface area contributed by atoms with Crippen LogP contribution in [0.5, 0.6) is 5.75 Å². The number of alkyl halides is 2. The summed E-state index contributed by atoms with van der Waals surface area (Å²) in [5.41, 5.74) is 0.140. The first-order valence-corrected chi connectivity index (χ1v) is 6.35. The Hall–Kier alpha value is -1.19. The van der Waals surface area contributed by atoms with Gasteiger partial charge in [-0.05, 0) is 24.6 Å². The van der Waals surface area contributed by atoms with Gasteiger partial charge in [-0.1, -0.05) is 0 Å². The molecule has 2 aromatic rings. The standard InChI is InChI=1S/C13H10Cl2O3/c14-13(15)6-9(13)7-17-10-3-1-8-2-4-12(16)18-11(8)5-10/h1-5,9H,6-7H2/t9-/m0/s1. The van der Waals surface area contributed by atoms with Crippen molar-refractivity contribution >= 4 is 34.2 Å². The van der Waals surface area contributed by atoms with Crippen LogP contribution in [0.3, 0.4) is 0 Å². The monoisotopic (exact) mass is 284 g/mol. The normalized spacial score (nSPS) is 20.9. The number of hydrogen-bond acceptors (Lipinski definition) is 3. The molecule has 1 aromatic carbocycles. The highest BCUT2D eigenvalue weighted by molar-refractivity contribution is 6.50. The van der Waals surface area contributed by atoms with Crippen molar-refractivity contribution in [2.75, 3.05) is 6.61 Å². The SMILES string of the molecule is O=c1ccc2ccc(OC[C@@H]3CC3(Cl)Cl)cc2o1. The zero-order valence-corrected chi connectivity index (χ0v) is 10.9. The maximum absolute atomic E-state index is 11.1. The Morgan fingerprint density at radius 1 is 1.33 bits per heavy atom. The van der Waals surface area contributed by atoms with Crippen LogP contribution >= 0.6 is 23.2 Å². The fraction of sp³-hybridized carbons (Fsp3) is 0.308. The third kappa shape index (κ3) is 2.33. The average molecular weight is 285 g/mol. The molecule has 5 heteroatoms. The first-order valence-electron chi connectivity index (χ1n) is 5.59. The van der Waals surface area contributed by atoms with Gasteiger partial charge in [0.25, 0.3) is 0 Å². The second-order valence-corrected chi connectivity index (χ2v) is 5.97. The van der Waals surface area contributed by atoms with Gasteiger partial charge in [-0.2, -0.15) is 0 Å².